The lowest BCUT2D eigenvalue weighted by Gasteiger charge is -2.35. The minimum absolute atomic E-state index is 0.164. The van der Waals surface area contributed by atoms with Crippen LogP contribution in [0.15, 0.2) is 59.8 Å². The number of hydrogen-bond acceptors (Lipinski definition) is 5. The van der Waals surface area contributed by atoms with Gasteiger partial charge in [-0.15, -0.1) is 0 Å². The Labute approximate surface area is 212 Å². The van der Waals surface area contributed by atoms with Gasteiger partial charge in [0.05, 0.1) is 18.2 Å². The Morgan fingerprint density at radius 1 is 1.09 bits per heavy atom. The molecule has 0 unspecified atom stereocenters. The minimum atomic E-state index is -0.464. The van der Waals surface area contributed by atoms with Crippen molar-refractivity contribution in [2.75, 3.05) is 32.7 Å². The lowest BCUT2D eigenvalue weighted by atomic mass is 9.95. The zero-order valence-electron chi connectivity index (χ0n) is 20.7. The van der Waals surface area contributed by atoms with Gasteiger partial charge in [0.15, 0.2) is 5.11 Å². The molecule has 35 heavy (non-hydrogen) atoms. The number of benzene rings is 2. The number of hydrogen-bond donors (Lipinski definition) is 2. The lowest BCUT2D eigenvalue weighted by Crippen LogP contribution is -2.46. The number of thiocarbonyl (C=S) groups is 1. The van der Waals surface area contributed by atoms with Gasteiger partial charge in [-0.05, 0) is 67.4 Å². The van der Waals surface area contributed by atoms with Crippen molar-refractivity contribution in [3.8, 4) is 0 Å². The van der Waals surface area contributed by atoms with Crippen molar-refractivity contribution in [1.29, 1.82) is 0 Å². The van der Waals surface area contributed by atoms with Crippen LogP contribution in [0.2, 0.25) is 0 Å². The molecule has 0 fully saturated rings. The third-order valence-corrected chi connectivity index (χ3v) is 6.42. The highest BCUT2D eigenvalue weighted by Crippen LogP contribution is 2.31. The van der Waals surface area contributed by atoms with E-state index in [2.05, 4.69) is 17.6 Å². The number of carbonyl (C=O) groups excluding carboxylic acids is 2. The maximum atomic E-state index is 12.9. The number of unbranched alkanes of at least 4 members (excludes halogenated alkanes) is 1. The molecule has 2 N–H and O–H groups in total. The topological polar surface area (TPSA) is 79.9 Å². The van der Waals surface area contributed by atoms with Gasteiger partial charge in [0.1, 0.15) is 6.61 Å². The number of aryl methyl sites for hydroxylation is 1. The van der Waals surface area contributed by atoms with Crippen molar-refractivity contribution < 1.29 is 19.1 Å². The van der Waals surface area contributed by atoms with Crippen LogP contribution in [0.1, 0.15) is 54.2 Å². The Balaban J connectivity index is 1.74. The normalized spacial score (nSPS) is 15.6. The van der Waals surface area contributed by atoms with Crippen LogP contribution in [0.5, 0.6) is 0 Å². The summed E-state index contributed by atoms with van der Waals surface area (Å²) in [5.41, 5.74) is 4.54. The fourth-order valence-electron chi connectivity index (χ4n) is 3.81. The van der Waals surface area contributed by atoms with E-state index < -0.39 is 12.0 Å². The summed E-state index contributed by atoms with van der Waals surface area (Å²) in [4.78, 5) is 27.3. The minimum Gasteiger partial charge on any atom is -0.460 e. The molecule has 0 saturated carbocycles. The number of nitrogens with one attached hydrogen (secondary N) is 2. The van der Waals surface area contributed by atoms with Crippen molar-refractivity contribution >= 4 is 34.9 Å². The Morgan fingerprint density at radius 2 is 1.77 bits per heavy atom. The molecule has 0 radical (unpaired) electrons. The van der Waals surface area contributed by atoms with E-state index in [1.807, 2.05) is 55.5 Å². The second-order valence-corrected chi connectivity index (χ2v) is 8.83. The highest BCUT2D eigenvalue weighted by Gasteiger charge is 2.33. The van der Waals surface area contributed by atoms with Crippen LogP contribution in [0.25, 0.3) is 0 Å². The van der Waals surface area contributed by atoms with Gasteiger partial charge in [-0.1, -0.05) is 37.6 Å². The van der Waals surface area contributed by atoms with E-state index in [0.29, 0.717) is 28.5 Å². The summed E-state index contributed by atoms with van der Waals surface area (Å²) in [5.74, 6) is -0.595. The molecule has 2 aromatic rings. The first-order valence-corrected chi connectivity index (χ1v) is 12.2. The molecule has 1 aliphatic heterocycles. The Bertz CT molecular complexity index is 1080. The quantitative estimate of drug-likeness (QED) is 0.283. The zero-order chi connectivity index (χ0) is 25.4. The summed E-state index contributed by atoms with van der Waals surface area (Å²) in [6, 6.07) is 14.6. The van der Waals surface area contributed by atoms with Gasteiger partial charge < -0.3 is 25.0 Å². The smallest absolute Gasteiger partial charge is 0.338 e. The van der Waals surface area contributed by atoms with Crippen LogP contribution >= 0.6 is 12.2 Å². The van der Waals surface area contributed by atoms with E-state index >= 15 is 0 Å². The van der Waals surface area contributed by atoms with Crippen molar-refractivity contribution in [3.05, 3.63) is 76.5 Å². The molecule has 0 bridgehead atoms. The first-order valence-electron chi connectivity index (χ1n) is 11.8. The molecule has 3 rings (SSSR count). The third-order valence-electron chi connectivity index (χ3n) is 6.03. The average Bonchev–Trinajstić information content (AvgIpc) is 2.86. The molecule has 0 aromatic heterocycles. The standard InChI is InChI=1S/C27H33N3O4S/c1-5-6-7-19-8-10-21(11-9-19)25(31)28-22-14-12-20(13-15-22)24-23(26(32)34-17-16-33-4)18(2)30(3)27(35)29-24/h8-15,24H,5-7,16-17H2,1-4H3,(H,28,31)(H,29,35)/t24-/m1/s1. The summed E-state index contributed by atoms with van der Waals surface area (Å²) < 4.78 is 10.4. The van der Waals surface area contributed by atoms with Gasteiger partial charge >= 0.3 is 5.97 Å². The number of rotatable bonds is 10. The third kappa shape index (κ3) is 6.68. The molecular weight excluding hydrogens is 462 g/mol. The van der Waals surface area contributed by atoms with E-state index in [-0.39, 0.29) is 12.5 Å². The fraction of sp³-hybridized carbons (Fsp3) is 0.370. The summed E-state index contributed by atoms with van der Waals surface area (Å²) >= 11 is 5.45. The molecule has 8 heteroatoms. The van der Waals surface area contributed by atoms with Gasteiger partial charge in [-0.25, -0.2) is 4.79 Å². The maximum absolute atomic E-state index is 12.9. The van der Waals surface area contributed by atoms with Crippen molar-refractivity contribution in [3.63, 3.8) is 0 Å². The van der Waals surface area contributed by atoms with Gasteiger partial charge in [-0.3, -0.25) is 4.79 Å². The average molecular weight is 496 g/mol. The van der Waals surface area contributed by atoms with Gasteiger partial charge in [0.25, 0.3) is 5.91 Å². The summed E-state index contributed by atoms with van der Waals surface area (Å²) in [6.45, 7) is 4.49. The van der Waals surface area contributed by atoms with Gasteiger partial charge in [0.2, 0.25) is 0 Å². The number of allylic oxidation sites excluding steroid dienone is 1. The molecule has 2 aromatic carbocycles. The number of anilines is 1. The summed E-state index contributed by atoms with van der Waals surface area (Å²) in [5, 5.41) is 6.67. The molecule has 0 spiro atoms. The number of nitrogens with zero attached hydrogens (tertiary/aromatic N) is 1. The van der Waals surface area contributed by atoms with Crippen LogP contribution in [-0.4, -0.2) is 49.3 Å². The molecular formula is C27H33N3O4S. The SMILES string of the molecule is CCCCc1ccc(C(=O)Nc2ccc([C@H]3NC(=S)N(C)C(C)=C3C(=O)OCCOC)cc2)cc1. The number of amides is 1. The number of esters is 1. The van der Waals surface area contributed by atoms with E-state index in [9.17, 15) is 9.59 Å². The second-order valence-electron chi connectivity index (χ2n) is 8.45. The van der Waals surface area contributed by atoms with Crippen LogP contribution in [0, 0.1) is 0 Å². The van der Waals surface area contributed by atoms with Crippen molar-refractivity contribution in [2.24, 2.45) is 0 Å². The van der Waals surface area contributed by atoms with Crippen molar-refractivity contribution in [2.45, 2.75) is 39.2 Å². The number of carbonyl (C=O) groups is 2. The van der Waals surface area contributed by atoms with Crippen LogP contribution in [-0.2, 0) is 20.7 Å². The van der Waals surface area contributed by atoms with E-state index in [1.54, 1.807) is 19.1 Å². The zero-order valence-corrected chi connectivity index (χ0v) is 21.5. The van der Waals surface area contributed by atoms with E-state index in [4.69, 9.17) is 21.7 Å². The monoisotopic (exact) mass is 495 g/mol. The predicted octanol–water partition coefficient (Wildman–Crippen LogP) is 4.61. The van der Waals surface area contributed by atoms with Crippen molar-refractivity contribution in [1.82, 2.24) is 10.2 Å². The second kappa shape index (κ2) is 12.5. The molecule has 0 saturated heterocycles. The molecule has 7 nitrogen and oxygen atoms in total. The van der Waals surface area contributed by atoms with Crippen LogP contribution in [0.4, 0.5) is 5.69 Å². The number of ether oxygens (including phenoxy) is 2. The predicted molar refractivity (Wildman–Crippen MR) is 141 cm³/mol. The first kappa shape index (κ1) is 26.4. The highest BCUT2D eigenvalue weighted by molar-refractivity contribution is 7.80. The molecule has 186 valence electrons. The number of methoxy groups -OCH3 is 1. The molecule has 1 heterocycles. The highest BCUT2D eigenvalue weighted by atomic mass is 32.1. The summed E-state index contributed by atoms with van der Waals surface area (Å²) in [7, 11) is 3.36. The largest absolute Gasteiger partial charge is 0.460 e. The molecule has 1 aliphatic rings. The molecule has 1 amide bonds. The maximum Gasteiger partial charge on any atom is 0.338 e. The Hall–Kier alpha value is -3.23. The van der Waals surface area contributed by atoms with Gasteiger partial charge in [-0.2, -0.15) is 0 Å². The lowest BCUT2D eigenvalue weighted by molar-refractivity contribution is -0.140. The van der Waals surface area contributed by atoms with Crippen LogP contribution < -0.4 is 10.6 Å². The fourth-order valence-corrected chi connectivity index (χ4v) is 4.07. The van der Waals surface area contributed by atoms with Gasteiger partial charge in [0, 0.05) is 31.1 Å². The Kier molecular flexibility index (Phi) is 9.39. The van der Waals surface area contributed by atoms with Crippen LogP contribution in [0.3, 0.4) is 0 Å². The molecule has 0 aliphatic carbocycles. The van der Waals surface area contributed by atoms with E-state index in [1.165, 1.54) is 5.56 Å². The summed E-state index contributed by atoms with van der Waals surface area (Å²) in [6.07, 6.45) is 3.29. The Morgan fingerprint density at radius 3 is 2.40 bits per heavy atom. The van der Waals surface area contributed by atoms with E-state index in [0.717, 1.165) is 30.5 Å². The molecule has 1 atom stereocenters. The first-order chi connectivity index (χ1) is 16.8.